The molecule has 0 bridgehead atoms. The maximum Gasteiger partial charge on any atom is 0.252 e. The molecule has 0 radical (unpaired) electrons. The third kappa shape index (κ3) is 6.24. The summed E-state index contributed by atoms with van der Waals surface area (Å²) < 4.78 is 5.46. The lowest BCUT2D eigenvalue weighted by atomic mass is 9.93. The van der Waals surface area contributed by atoms with Crippen LogP contribution in [0, 0.1) is 6.92 Å². The quantitative estimate of drug-likeness (QED) is 0.312. The second kappa shape index (κ2) is 11.4. The Morgan fingerprint density at radius 3 is 2.50 bits per heavy atom. The van der Waals surface area contributed by atoms with E-state index in [1.165, 1.54) is 0 Å². The number of halogens is 2. The van der Waals surface area contributed by atoms with Crippen LogP contribution in [0.4, 0.5) is 0 Å². The Labute approximate surface area is 188 Å². The lowest BCUT2D eigenvalue weighted by Crippen LogP contribution is -2.16. The van der Waals surface area contributed by atoms with E-state index in [2.05, 4.69) is 6.92 Å². The summed E-state index contributed by atoms with van der Waals surface area (Å²) in [7, 11) is 1.70. The van der Waals surface area contributed by atoms with E-state index >= 15 is 0 Å². The Hall–Kier alpha value is -2.01. The number of hydrogen-bond donors (Lipinski definition) is 2. The van der Waals surface area contributed by atoms with E-state index in [4.69, 9.17) is 33.7 Å². The standard InChI is InChI=1S/C24H29Cl2NO3/c1-4-6-18(30-3)7-5-8-22(28)23(24(27)29)20-13-16(10-9-15(20)2)19-12-11-17(25)14-21(19)26/h9-14,18,28H,4-8H2,1-3H3,(H2,27,29)/b23-22+/t18-/m1/s1. The van der Waals surface area contributed by atoms with Crippen LogP contribution in [-0.4, -0.2) is 24.2 Å². The van der Waals surface area contributed by atoms with Gasteiger partial charge in [0.1, 0.15) is 5.76 Å². The maximum absolute atomic E-state index is 12.2. The number of nitrogens with two attached hydrogens (primary N) is 1. The van der Waals surface area contributed by atoms with Gasteiger partial charge < -0.3 is 15.6 Å². The number of primary amides is 1. The summed E-state index contributed by atoms with van der Waals surface area (Å²) in [6, 6.07) is 10.9. The van der Waals surface area contributed by atoms with Crippen LogP contribution < -0.4 is 5.73 Å². The highest BCUT2D eigenvalue weighted by Crippen LogP contribution is 2.34. The van der Waals surface area contributed by atoms with Gasteiger partial charge >= 0.3 is 0 Å². The van der Waals surface area contributed by atoms with Gasteiger partial charge in [-0.05, 0) is 61.1 Å². The molecule has 0 spiro atoms. The Balaban J connectivity index is 2.36. The monoisotopic (exact) mass is 449 g/mol. The highest BCUT2D eigenvalue weighted by Gasteiger charge is 2.19. The van der Waals surface area contributed by atoms with Crippen molar-refractivity contribution in [3.63, 3.8) is 0 Å². The molecule has 2 aromatic rings. The van der Waals surface area contributed by atoms with Crippen LogP contribution in [0.15, 0.2) is 42.2 Å². The second-order valence-corrected chi connectivity index (χ2v) is 8.22. The fourth-order valence-electron chi connectivity index (χ4n) is 3.54. The van der Waals surface area contributed by atoms with E-state index in [0.717, 1.165) is 36.0 Å². The topological polar surface area (TPSA) is 72.5 Å². The number of allylic oxidation sites excluding steroid dienone is 1. The smallest absolute Gasteiger partial charge is 0.252 e. The maximum atomic E-state index is 12.2. The first kappa shape index (κ1) is 24.3. The molecule has 0 saturated heterocycles. The van der Waals surface area contributed by atoms with Crippen molar-refractivity contribution in [2.75, 3.05) is 7.11 Å². The van der Waals surface area contributed by atoms with Crippen molar-refractivity contribution in [1.82, 2.24) is 0 Å². The molecule has 0 aliphatic rings. The molecule has 4 nitrogen and oxygen atoms in total. The summed E-state index contributed by atoms with van der Waals surface area (Å²) in [5, 5.41) is 11.8. The van der Waals surface area contributed by atoms with Crippen LogP contribution in [-0.2, 0) is 9.53 Å². The fraction of sp³-hybridized carbons (Fsp3) is 0.375. The number of aliphatic hydroxyl groups is 1. The average molecular weight is 450 g/mol. The molecule has 2 rings (SSSR count). The second-order valence-electron chi connectivity index (χ2n) is 7.38. The predicted molar refractivity (Wildman–Crippen MR) is 125 cm³/mol. The van der Waals surface area contributed by atoms with Crippen molar-refractivity contribution in [1.29, 1.82) is 0 Å². The third-order valence-electron chi connectivity index (χ3n) is 5.17. The largest absolute Gasteiger partial charge is 0.511 e. The van der Waals surface area contributed by atoms with Gasteiger partial charge in [-0.25, -0.2) is 0 Å². The minimum Gasteiger partial charge on any atom is -0.511 e. The molecular weight excluding hydrogens is 421 g/mol. The van der Waals surface area contributed by atoms with Crippen LogP contribution in [0.1, 0.15) is 50.2 Å². The van der Waals surface area contributed by atoms with Crippen LogP contribution >= 0.6 is 23.2 Å². The van der Waals surface area contributed by atoms with Crippen molar-refractivity contribution in [2.24, 2.45) is 5.73 Å². The van der Waals surface area contributed by atoms with Crippen LogP contribution in [0.25, 0.3) is 16.7 Å². The number of carbonyl (C=O) groups is 1. The number of hydrogen-bond acceptors (Lipinski definition) is 3. The van der Waals surface area contributed by atoms with Gasteiger partial charge in [0.2, 0.25) is 0 Å². The number of ether oxygens (including phenoxy) is 1. The number of amides is 1. The molecule has 2 aromatic carbocycles. The molecule has 0 saturated carbocycles. The SMILES string of the molecule is CCC[C@H](CCC/C(O)=C(\C(N)=O)c1cc(-c2ccc(Cl)cc2Cl)ccc1C)OC. The zero-order valence-corrected chi connectivity index (χ0v) is 19.2. The Morgan fingerprint density at radius 2 is 1.90 bits per heavy atom. The lowest BCUT2D eigenvalue weighted by molar-refractivity contribution is -0.112. The van der Waals surface area contributed by atoms with Gasteiger partial charge in [0.25, 0.3) is 5.91 Å². The van der Waals surface area contributed by atoms with Gasteiger partial charge in [-0.15, -0.1) is 0 Å². The van der Waals surface area contributed by atoms with E-state index in [1.54, 1.807) is 19.2 Å². The molecule has 0 heterocycles. The van der Waals surface area contributed by atoms with Gasteiger partial charge in [0, 0.05) is 29.1 Å². The van der Waals surface area contributed by atoms with Gasteiger partial charge in [-0.2, -0.15) is 0 Å². The average Bonchev–Trinajstić information content (AvgIpc) is 2.69. The summed E-state index contributed by atoms with van der Waals surface area (Å²) in [5.74, 6) is -0.664. The summed E-state index contributed by atoms with van der Waals surface area (Å²) >= 11 is 12.3. The molecule has 1 atom stereocenters. The van der Waals surface area contributed by atoms with Gasteiger partial charge in [-0.1, -0.05) is 54.7 Å². The molecule has 0 aromatic heterocycles. The minimum atomic E-state index is -0.660. The molecule has 1 amide bonds. The van der Waals surface area contributed by atoms with E-state index in [0.29, 0.717) is 28.5 Å². The van der Waals surface area contributed by atoms with Crippen LogP contribution in [0.2, 0.25) is 10.0 Å². The van der Waals surface area contributed by atoms with E-state index in [-0.39, 0.29) is 17.4 Å². The number of benzene rings is 2. The summed E-state index contributed by atoms with van der Waals surface area (Å²) in [6.45, 7) is 3.98. The highest BCUT2D eigenvalue weighted by atomic mass is 35.5. The molecule has 30 heavy (non-hydrogen) atoms. The molecule has 162 valence electrons. The van der Waals surface area contributed by atoms with Crippen molar-refractivity contribution in [2.45, 2.75) is 52.1 Å². The Bertz CT molecular complexity index is 925. The van der Waals surface area contributed by atoms with Crippen molar-refractivity contribution in [3.8, 4) is 11.1 Å². The Morgan fingerprint density at radius 1 is 1.17 bits per heavy atom. The first-order chi connectivity index (χ1) is 14.3. The molecule has 0 aliphatic carbocycles. The summed E-state index contributed by atoms with van der Waals surface area (Å²) in [4.78, 5) is 12.2. The van der Waals surface area contributed by atoms with Crippen LogP contribution in [0.5, 0.6) is 0 Å². The predicted octanol–water partition coefficient (Wildman–Crippen LogP) is 6.71. The van der Waals surface area contributed by atoms with Crippen molar-refractivity contribution >= 4 is 34.7 Å². The minimum absolute atomic E-state index is 0.00342. The highest BCUT2D eigenvalue weighted by molar-refractivity contribution is 6.36. The molecular formula is C24H29Cl2NO3. The molecule has 6 heteroatoms. The van der Waals surface area contributed by atoms with Gasteiger partial charge in [0.05, 0.1) is 11.7 Å². The zero-order valence-electron chi connectivity index (χ0n) is 17.7. The first-order valence-corrected chi connectivity index (χ1v) is 10.8. The van der Waals surface area contributed by atoms with Gasteiger partial charge in [-0.3, -0.25) is 4.79 Å². The van der Waals surface area contributed by atoms with Crippen molar-refractivity contribution < 1.29 is 14.6 Å². The molecule has 0 unspecified atom stereocenters. The Kier molecular flexibility index (Phi) is 9.22. The number of carbonyl (C=O) groups excluding carboxylic acids is 1. The number of rotatable bonds is 10. The number of methoxy groups -OCH3 is 1. The zero-order chi connectivity index (χ0) is 22.3. The lowest BCUT2D eigenvalue weighted by Gasteiger charge is -2.16. The van der Waals surface area contributed by atoms with Gasteiger partial charge in [0.15, 0.2) is 0 Å². The van der Waals surface area contributed by atoms with E-state index < -0.39 is 5.91 Å². The molecule has 3 N–H and O–H groups in total. The molecule has 0 fully saturated rings. The summed E-state index contributed by atoms with van der Waals surface area (Å²) in [6.07, 6.45) is 4.01. The number of aryl methyl sites for hydroxylation is 1. The first-order valence-electron chi connectivity index (χ1n) is 10.1. The normalized spacial score (nSPS) is 13.1. The third-order valence-corrected chi connectivity index (χ3v) is 5.72. The van der Waals surface area contributed by atoms with E-state index in [9.17, 15) is 9.90 Å². The van der Waals surface area contributed by atoms with Crippen LogP contribution in [0.3, 0.4) is 0 Å². The summed E-state index contributed by atoms with van der Waals surface area (Å²) in [5.41, 5.74) is 8.83. The van der Waals surface area contributed by atoms with Crippen molar-refractivity contribution in [3.05, 3.63) is 63.3 Å². The molecule has 0 aliphatic heterocycles. The fourth-order valence-corrected chi connectivity index (χ4v) is 4.05. The van der Waals surface area contributed by atoms with E-state index in [1.807, 2.05) is 31.2 Å². The number of aliphatic hydroxyl groups excluding tert-OH is 1.